The Balaban J connectivity index is 1.45. The summed E-state index contributed by atoms with van der Waals surface area (Å²) >= 11 is 13.4. The second-order valence-corrected chi connectivity index (χ2v) is 8.20. The molecule has 5 nitrogen and oxygen atoms in total. The van der Waals surface area contributed by atoms with Crippen molar-refractivity contribution >= 4 is 62.3 Å². The average Bonchev–Trinajstić information content (AvgIpc) is 3.03. The van der Waals surface area contributed by atoms with Gasteiger partial charge >= 0.3 is 5.97 Å². The van der Waals surface area contributed by atoms with E-state index in [0.29, 0.717) is 28.6 Å². The molecule has 1 amide bonds. The zero-order valence-corrected chi connectivity index (χ0v) is 17.4. The van der Waals surface area contributed by atoms with Crippen molar-refractivity contribution in [2.75, 3.05) is 5.32 Å². The van der Waals surface area contributed by atoms with E-state index in [9.17, 15) is 9.59 Å². The number of aryl methyl sites for hydroxylation is 1. The maximum atomic E-state index is 12.2. The summed E-state index contributed by atoms with van der Waals surface area (Å²) in [7, 11) is 0. The third kappa shape index (κ3) is 5.67. The van der Waals surface area contributed by atoms with E-state index in [4.69, 9.17) is 27.9 Å². The Kier molecular flexibility index (Phi) is 6.88. The number of amides is 1. The number of nitrogens with one attached hydrogen (secondary N) is 1. The summed E-state index contributed by atoms with van der Waals surface area (Å²) in [5.74, 6) is -0.870. The molecule has 1 heterocycles. The molecule has 1 unspecified atom stereocenters. The van der Waals surface area contributed by atoms with Crippen molar-refractivity contribution in [2.45, 2.75) is 32.3 Å². The normalized spacial score (nSPS) is 12.0. The van der Waals surface area contributed by atoms with E-state index in [1.165, 1.54) is 6.92 Å². The summed E-state index contributed by atoms with van der Waals surface area (Å²) in [5.41, 5.74) is 1.41. The number of benzene rings is 2. The maximum Gasteiger partial charge on any atom is 0.306 e. The Labute approximate surface area is 176 Å². The lowest BCUT2D eigenvalue weighted by Crippen LogP contribution is -2.29. The van der Waals surface area contributed by atoms with Gasteiger partial charge in [-0.05, 0) is 50.1 Å². The van der Waals surface area contributed by atoms with Crippen molar-refractivity contribution in [3.8, 4) is 0 Å². The van der Waals surface area contributed by atoms with Gasteiger partial charge in [0.2, 0.25) is 0 Å². The predicted octanol–water partition coefficient (Wildman–Crippen LogP) is 5.50. The minimum atomic E-state index is -0.923. The second-order valence-electron chi connectivity index (χ2n) is 6.21. The van der Waals surface area contributed by atoms with Gasteiger partial charge in [-0.15, -0.1) is 11.3 Å². The predicted molar refractivity (Wildman–Crippen MR) is 113 cm³/mol. The fourth-order valence-electron chi connectivity index (χ4n) is 2.59. The number of fused-ring (bicyclic) bond motifs is 1. The molecule has 0 aliphatic rings. The number of hydrogen-bond acceptors (Lipinski definition) is 5. The van der Waals surface area contributed by atoms with Crippen molar-refractivity contribution in [1.82, 2.24) is 4.98 Å². The molecule has 0 bridgehead atoms. The standard InChI is InChI=1S/C20H18Cl2N2O3S/c1-12(20(26)23-15-10-13(21)9-14(22)11-15)27-19(25)8-4-7-18-24-16-5-2-3-6-17(16)28-18/h2-3,5-6,9-12H,4,7-8H2,1H3,(H,23,26). The number of thiazole rings is 1. The smallest absolute Gasteiger partial charge is 0.306 e. The first-order valence-electron chi connectivity index (χ1n) is 8.71. The molecular weight excluding hydrogens is 419 g/mol. The van der Waals surface area contributed by atoms with E-state index in [1.807, 2.05) is 24.3 Å². The quantitative estimate of drug-likeness (QED) is 0.496. The van der Waals surface area contributed by atoms with Crippen LogP contribution in [-0.2, 0) is 20.7 Å². The number of carbonyl (C=O) groups excluding carboxylic acids is 2. The van der Waals surface area contributed by atoms with Gasteiger partial charge < -0.3 is 10.1 Å². The van der Waals surface area contributed by atoms with Gasteiger partial charge in [0.05, 0.1) is 15.2 Å². The van der Waals surface area contributed by atoms with Crippen molar-refractivity contribution in [1.29, 1.82) is 0 Å². The van der Waals surface area contributed by atoms with E-state index in [1.54, 1.807) is 29.5 Å². The molecule has 8 heteroatoms. The third-order valence-corrected chi connectivity index (χ3v) is 5.45. The van der Waals surface area contributed by atoms with Crippen LogP contribution in [0.15, 0.2) is 42.5 Å². The maximum absolute atomic E-state index is 12.2. The molecule has 0 spiro atoms. The number of halogens is 2. The summed E-state index contributed by atoms with van der Waals surface area (Å²) in [6, 6.07) is 12.6. The van der Waals surface area contributed by atoms with Crippen LogP contribution in [0.2, 0.25) is 10.0 Å². The van der Waals surface area contributed by atoms with Crippen LogP contribution in [0.4, 0.5) is 5.69 Å². The molecule has 0 aliphatic heterocycles. The molecule has 0 saturated carbocycles. The summed E-state index contributed by atoms with van der Waals surface area (Å²) in [6.45, 7) is 1.52. The Morgan fingerprint density at radius 1 is 1.18 bits per heavy atom. The highest BCUT2D eigenvalue weighted by atomic mass is 35.5. The minimum Gasteiger partial charge on any atom is -0.453 e. The monoisotopic (exact) mass is 436 g/mol. The lowest BCUT2D eigenvalue weighted by molar-refractivity contribution is -0.153. The van der Waals surface area contributed by atoms with Crippen LogP contribution in [0, 0.1) is 0 Å². The van der Waals surface area contributed by atoms with Gasteiger partial charge in [-0.1, -0.05) is 35.3 Å². The summed E-state index contributed by atoms with van der Waals surface area (Å²) in [6.07, 6.45) is 0.594. The van der Waals surface area contributed by atoms with Crippen molar-refractivity contribution < 1.29 is 14.3 Å². The molecule has 1 atom stereocenters. The van der Waals surface area contributed by atoms with Crippen molar-refractivity contribution in [3.05, 3.63) is 57.5 Å². The number of hydrogen-bond donors (Lipinski definition) is 1. The Bertz CT molecular complexity index is 953. The highest BCUT2D eigenvalue weighted by molar-refractivity contribution is 7.18. The van der Waals surface area contributed by atoms with E-state index < -0.39 is 18.0 Å². The number of carbonyl (C=O) groups is 2. The largest absolute Gasteiger partial charge is 0.453 e. The Morgan fingerprint density at radius 3 is 2.61 bits per heavy atom. The van der Waals surface area contributed by atoms with Gasteiger partial charge in [0.15, 0.2) is 6.10 Å². The number of esters is 1. The lowest BCUT2D eigenvalue weighted by Gasteiger charge is -2.14. The molecule has 3 rings (SSSR count). The van der Waals surface area contributed by atoms with Crippen LogP contribution in [0.5, 0.6) is 0 Å². The molecule has 2 aromatic carbocycles. The fraction of sp³-hybridized carbons (Fsp3) is 0.250. The minimum absolute atomic E-state index is 0.219. The molecule has 0 radical (unpaired) electrons. The average molecular weight is 437 g/mol. The van der Waals surface area contributed by atoms with Crippen molar-refractivity contribution in [2.24, 2.45) is 0 Å². The van der Waals surface area contributed by atoms with Crippen LogP contribution in [0.1, 0.15) is 24.8 Å². The van der Waals surface area contributed by atoms with Gasteiger partial charge in [0.25, 0.3) is 5.91 Å². The molecular formula is C20H18Cl2N2O3S. The number of rotatable bonds is 7. The summed E-state index contributed by atoms with van der Waals surface area (Å²) in [5, 5.41) is 4.43. The topological polar surface area (TPSA) is 68.3 Å². The van der Waals surface area contributed by atoms with E-state index in [2.05, 4.69) is 10.3 Å². The van der Waals surface area contributed by atoms with Gasteiger partial charge in [-0.2, -0.15) is 0 Å². The Morgan fingerprint density at radius 2 is 1.89 bits per heavy atom. The first kappa shape index (κ1) is 20.6. The van der Waals surface area contributed by atoms with Gasteiger partial charge in [-0.25, -0.2) is 4.98 Å². The second kappa shape index (κ2) is 9.37. The van der Waals surface area contributed by atoms with Crippen LogP contribution in [0.25, 0.3) is 10.2 Å². The number of ether oxygens (including phenoxy) is 1. The first-order chi connectivity index (χ1) is 13.4. The zero-order valence-electron chi connectivity index (χ0n) is 15.1. The SMILES string of the molecule is CC(OC(=O)CCCc1nc2ccccc2s1)C(=O)Nc1cc(Cl)cc(Cl)c1. The zero-order chi connectivity index (χ0) is 20.1. The first-order valence-corrected chi connectivity index (χ1v) is 10.3. The highest BCUT2D eigenvalue weighted by Crippen LogP contribution is 2.24. The van der Waals surface area contributed by atoms with Crippen LogP contribution >= 0.6 is 34.5 Å². The van der Waals surface area contributed by atoms with Crippen molar-refractivity contribution in [3.63, 3.8) is 0 Å². The van der Waals surface area contributed by atoms with E-state index in [0.717, 1.165) is 15.2 Å². The number of anilines is 1. The molecule has 0 aliphatic carbocycles. The molecule has 0 fully saturated rings. The lowest BCUT2D eigenvalue weighted by atomic mass is 10.2. The third-order valence-electron chi connectivity index (χ3n) is 3.92. The number of para-hydroxylation sites is 1. The Hall–Kier alpha value is -2.15. The van der Waals surface area contributed by atoms with Gasteiger partial charge in [0, 0.05) is 22.2 Å². The van der Waals surface area contributed by atoms with Crippen LogP contribution in [-0.4, -0.2) is 23.0 Å². The van der Waals surface area contributed by atoms with E-state index in [-0.39, 0.29) is 6.42 Å². The molecule has 1 N–H and O–H groups in total. The molecule has 146 valence electrons. The van der Waals surface area contributed by atoms with Crippen LogP contribution < -0.4 is 5.32 Å². The van der Waals surface area contributed by atoms with Crippen LogP contribution in [0.3, 0.4) is 0 Å². The molecule has 28 heavy (non-hydrogen) atoms. The molecule has 0 saturated heterocycles. The summed E-state index contributed by atoms with van der Waals surface area (Å²) in [4.78, 5) is 28.7. The highest BCUT2D eigenvalue weighted by Gasteiger charge is 2.18. The van der Waals surface area contributed by atoms with Gasteiger partial charge in [-0.3, -0.25) is 9.59 Å². The molecule has 3 aromatic rings. The molecule has 1 aromatic heterocycles. The van der Waals surface area contributed by atoms with E-state index >= 15 is 0 Å². The summed E-state index contributed by atoms with van der Waals surface area (Å²) < 4.78 is 6.34. The van der Waals surface area contributed by atoms with Gasteiger partial charge in [0.1, 0.15) is 0 Å². The number of aromatic nitrogens is 1. The number of nitrogens with zero attached hydrogens (tertiary/aromatic N) is 1. The fourth-order valence-corrected chi connectivity index (χ4v) is 4.13.